The van der Waals surface area contributed by atoms with E-state index in [4.69, 9.17) is 4.42 Å². The standard InChI is InChI=1S/C21H23N5OS2/c1-2-7-16(6-1)26-21(22-23-24-26)20(19-10-5-13-29-19)25(14-17-8-3-11-27-17)15-18-9-4-12-28-18/h3-5,8-13,16,20H,1-2,6-7,14-15H2/t20-/m1/s1. The average molecular weight is 426 g/mol. The van der Waals surface area contributed by atoms with Crippen LogP contribution in [0.3, 0.4) is 0 Å². The van der Waals surface area contributed by atoms with Gasteiger partial charge >= 0.3 is 0 Å². The molecule has 0 spiro atoms. The first-order chi connectivity index (χ1) is 14.4. The number of tetrazole rings is 1. The van der Waals surface area contributed by atoms with Crippen LogP contribution in [-0.2, 0) is 13.1 Å². The zero-order valence-electron chi connectivity index (χ0n) is 16.1. The summed E-state index contributed by atoms with van der Waals surface area (Å²) in [7, 11) is 0. The maximum atomic E-state index is 5.70. The van der Waals surface area contributed by atoms with Gasteiger partial charge in [0.15, 0.2) is 5.82 Å². The maximum absolute atomic E-state index is 5.70. The van der Waals surface area contributed by atoms with Crippen molar-refractivity contribution >= 4 is 22.7 Å². The Bertz CT molecular complexity index is 952. The number of furan rings is 1. The molecular weight excluding hydrogens is 402 g/mol. The van der Waals surface area contributed by atoms with E-state index < -0.39 is 0 Å². The van der Waals surface area contributed by atoms with Crippen LogP contribution in [0.2, 0.25) is 0 Å². The summed E-state index contributed by atoms with van der Waals surface area (Å²) in [6, 6.07) is 12.9. The monoisotopic (exact) mass is 425 g/mol. The molecule has 0 N–H and O–H groups in total. The van der Waals surface area contributed by atoms with E-state index in [9.17, 15) is 0 Å². The van der Waals surface area contributed by atoms with Gasteiger partial charge in [0.25, 0.3) is 0 Å². The highest BCUT2D eigenvalue weighted by molar-refractivity contribution is 7.10. The Morgan fingerprint density at radius 1 is 1.07 bits per heavy atom. The first-order valence-corrected chi connectivity index (χ1v) is 11.7. The summed E-state index contributed by atoms with van der Waals surface area (Å²) in [5, 5.41) is 17.3. The Labute approximate surface area is 177 Å². The molecule has 0 bridgehead atoms. The van der Waals surface area contributed by atoms with Gasteiger partial charge in [0.1, 0.15) is 11.8 Å². The Hall–Kier alpha value is -2.29. The van der Waals surface area contributed by atoms with Crippen LogP contribution in [0.1, 0.15) is 59.1 Å². The van der Waals surface area contributed by atoms with E-state index in [1.165, 1.54) is 22.6 Å². The summed E-state index contributed by atoms with van der Waals surface area (Å²) >= 11 is 3.53. The molecule has 0 amide bonds. The van der Waals surface area contributed by atoms with Crippen LogP contribution in [0.4, 0.5) is 0 Å². The largest absolute Gasteiger partial charge is 0.468 e. The lowest BCUT2D eigenvalue weighted by Crippen LogP contribution is -2.31. The van der Waals surface area contributed by atoms with Crippen LogP contribution in [0, 0.1) is 0 Å². The second-order valence-corrected chi connectivity index (χ2v) is 9.41. The number of hydrogen-bond acceptors (Lipinski definition) is 7. The second-order valence-electron chi connectivity index (χ2n) is 7.40. The number of nitrogens with zero attached hydrogens (tertiary/aromatic N) is 5. The highest BCUT2D eigenvalue weighted by Gasteiger charge is 2.32. The molecule has 8 heteroatoms. The topological polar surface area (TPSA) is 60.0 Å². The van der Waals surface area contributed by atoms with Crippen molar-refractivity contribution in [3.8, 4) is 0 Å². The van der Waals surface area contributed by atoms with Crippen molar-refractivity contribution in [2.45, 2.75) is 50.9 Å². The smallest absolute Gasteiger partial charge is 0.174 e. The highest BCUT2D eigenvalue weighted by atomic mass is 32.1. The van der Waals surface area contributed by atoms with E-state index in [0.717, 1.165) is 31.0 Å². The Kier molecular flexibility index (Phi) is 5.56. The summed E-state index contributed by atoms with van der Waals surface area (Å²) in [5.41, 5.74) is 0. The van der Waals surface area contributed by atoms with Crippen molar-refractivity contribution in [2.75, 3.05) is 0 Å². The summed E-state index contributed by atoms with van der Waals surface area (Å²) in [5.74, 6) is 1.88. The van der Waals surface area contributed by atoms with Gasteiger partial charge in [-0.25, -0.2) is 4.68 Å². The fraction of sp³-hybridized carbons (Fsp3) is 0.381. The molecule has 0 aliphatic heterocycles. The summed E-state index contributed by atoms with van der Waals surface area (Å²) < 4.78 is 7.79. The van der Waals surface area contributed by atoms with Crippen LogP contribution < -0.4 is 0 Å². The molecule has 1 fully saturated rings. The quantitative estimate of drug-likeness (QED) is 0.384. The minimum Gasteiger partial charge on any atom is -0.468 e. The third-order valence-corrected chi connectivity index (χ3v) is 7.28. The fourth-order valence-electron chi connectivity index (χ4n) is 4.15. The summed E-state index contributed by atoms with van der Waals surface area (Å²) in [4.78, 5) is 4.99. The lowest BCUT2D eigenvalue weighted by molar-refractivity contribution is 0.181. The van der Waals surface area contributed by atoms with Gasteiger partial charge in [-0.3, -0.25) is 4.90 Å². The van der Waals surface area contributed by atoms with E-state index >= 15 is 0 Å². The molecule has 5 rings (SSSR count). The molecule has 6 nitrogen and oxygen atoms in total. The van der Waals surface area contributed by atoms with Gasteiger partial charge in [0.05, 0.1) is 18.8 Å². The molecule has 4 aromatic heterocycles. The molecule has 0 radical (unpaired) electrons. The van der Waals surface area contributed by atoms with E-state index in [1.54, 1.807) is 28.9 Å². The van der Waals surface area contributed by atoms with Gasteiger partial charge < -0.3 is 4.42 Å². The minimum atomic E-state index is -0.0159. The van der Waals surface area contributed by atoms with Crippen molar-refractivity contribution in [2.24, 2.45) is 0 Å². The van der Waals surface area contributed by atoms with Crippen molar-refractivity contribution in [3.63, 3.8) is 0 Å². The molecule has 1 aliphatic rings. The van der Waals surface area contributed by atoms with Crippen molar-refractivity contribution in [1.82, 2.24) is 25.1 Å². The zero-order chi connectivity index (χ0) is 19.5. The number of hydrogen-bond donors (Lipinski definition) is 0. The molecule has 0 aromatic carbocycles. The van der Waals surface area contributed by atoms with Gasteiger partial charge in [0.2, 0.25) is 0 Å². The summed E-state index contributed by atoms with van der Waals surface area (Å²) in [6.07, 6.45) is 6.54. The predicted octanol–water partition coefficient (Wildman–Crippen LogP) is 5.30. The van der Waals surface area contributed by atoms with Crippen molar-refractivity contribution < 1.29 is 4.42 Å². The number of rotatable bonds is 8. The van der Waals surface area contributed by atoms with Gasteiger partial charge in [-0.2, -0.15) is 0 Å². The first-order valence-electron chi connectivity index (χ1n) is 9.98. The average Bonchev–Trinajstić information content (AvgIpc) is 3.55. The molecule has 0 unspecified atom stereocenters. The molecule has 1 atom stereocenters. The SMILES string of the molecule is c1coc(CN(Cc2cccs2)[C@H](c2cccs2)c2nnnn2C2CCCC2)c1. The number of thiophene rings is 2. The fourth-order valence-corrected chi connectivity index (χ4v) is 5.73. The van der Waals surface area contributed by atoms with Gasteiger partial charge in [0, 0.05) is 16.3 Å². The number of aromatic nitrogens is 4. The molecule has 150 valence electrons. The molecule has 1 aliphatic carbocycles. The normalized spacial score (nSPS) is 16.0. The Morgan fingerprint density at radius 2 is 1.93 bits per heavy atom. The first kappa shape index (κ1) is 18.7. The maximum Gasteiger partial charge on any atom is 0.174 e. The van der Waals surface area contributed by atoms with Gasteiger partial charge in [-0.1, -0.05) is 25.0 Å². The minimum absolute atomic E-state index is 0.0159. The van der Waals surface area contributed by atoms with Crippen LogP contribution in [0.5, 0.6) is 0 Å². The zero-order valence-corrected chi connectivity index (χ0v) is 17.7. The van der Waals surface area contributed by atoms with Gasteiger partial charge in [-0.15, -0.1) is 27.8 Å². The van der Waals surface area contributed by atoms with E-state index in [-0.39, 0.29) is 6.04 Å². The van der Waals surface area contributed by atoms with Crippen LogP contribution in [0.15, 0.2) is 57.8 Å². The van der Waals surface area contributed by atoms with Gasteiger partial charge in [-0.05, 0) is 58.3 Å². The van der Waals surface area contributed by atoms with Crippen LogP contribution >= 0.6 is 22.7 Å². The molecule has 1 saturated carbocycles. The summed E-state index contributed by atoms with van der Waals surface area (Å²) in [6.45, 7) is 1.52. The second kappa shape index (κ2) is 8.61. The van der Waals surface area contributed by atoms with E-state index in [0.29, 0.717) is 12.6 Å². The molecule has 0 saturated heterocycles. The lowest BCUT2D eigenvalue weighted by Gasteiger charge is -2.30. The third-order valence-electron chi connectivity index (χ3n) is 5.49. The lowest BCUT2D eigenvalue weighted by atomic mass is 10.1. The molecule has 4 heterocycles. The third kappa shape index (κ3) is 4.05. The van der Waals surface area contributed by atoms with Crippen LogP contribution in [-0.4, -0.2) is 25.1 Å². The predicted molar refractivity (Wildman–Crippen MR) is 114 cm³/mol. The van der Waals surface area contributed by atoms with Crippen molar-refractivity contribution in [3.05, 3.63) is 74.8 Å². The Balaban J connectivity index is 1.55. The molecule has 29 heavy (non-hydrogen) atoms. The van der Waals surface area contributed by atoms with E-state index in [1.807, 2.05) is 12.1 Å². The molecule has 4 aromatic rings. The van der Waals surface area contributed by atoms with Crippen LogP contribution in [0.25, 0.3) is 0 Å². The Morgan fingerprint density at radius 3 is 2.66 bits per heavy atom. The molecular formula is C21H23N5OS2. The van der Waals surface area contributed by atoms with Crippen molar-refractivity contribution in [1.29, 1.82) is 0 Å². The van der Waals surface area contributed by atoms with E-state index in [2.05, 4.69) is 60.1 Å². The highest BCUT2D eigenvalue weighted by Crippen LogP contribution is 2.37.